The van der Waals surface area contributed by atoms with Crippen LogP contribution in [0.2, 0.25) is 0 Å². The summed E-state index contributed by atoms with van der Waals surface area (Å²) >= 11 is 0. The van der Waals surface area contributed by atoms with Gasteiger partial charge in [0.1, 0.15) is 5.82 Å². The summed E-state index contributed by atoms with van der Waals surface area (Å²) in [5.74, 6) is -1.26. The molecule has 0 saturated heterocycles. The zero-order valence-corrected chi connectivity index (χ0v) is 10.4. The van der Waals surface area contributed by atoms with E-state index in [1.165, 1.54) is 18.2 Å². The van der Waals surface area contributed by atoms with Gasteiger partial charge in [-0.1, -0.05) is 0 Å². The Balaban J connectivity index is 2.32. The lowest BCUT2D eigenvalue weighted by Crippen LogP contribution is -2.06. The number of nitrogens with zero attached hydrogens (tertiary/aromatic N) is 2. The Morgan fingerprint density at radius 1 is 1.26 bits per heavy atom. The first-order chi connectivity index (χ1) is 8.95. The Morgan fingerprint density at radius 2 is 2.00 bits per heavy atom. The number of aromatic carboxylic acids is 1. The van der Waals surface area contributed by atoms with E-state index in [-0.39, 0.29) is 17.5 Å². The molecule has 0 aliphatic heterocycles. The summed E-state index contributed by atoms with van der Waals surface area (Å²) in [4.78, 5) is 18.8. The molecule has 0 fully saturated rings. The number of hydrogen-bond donors (Lipinski definition) is 2. The number of nitrogens with one attached hydrogen (secondary N) is 1. The van der Waals surface area contributed by atoms with Crippen LogP contribution >= 0.6 is 0 Å². The van der Waals surface area contributed by atoms with E-state index in [2.05, 4.69) is 15.3 Å². The van der Waals surface area contributed by atoms with Crippen LogP contribution < -0.4 is 5.32 Å². The molecule has 0 unspecified atom stereocenters. The van der Waals surface area contributed by atoms with E-state index in [9.17, 15) is 9.18 Å². The molecule has 0 atom stereocenters. The van der Waals surface area contributed by atoms with Crippen molar-refractivity contribution < 1.29 is 14.3 Å². The minimum absolute atomic E-state index is 0.0890. The molecule has 1 heterocycles. The van der Waals surface area contributed by atoms with Gasteiger partial charge in [-0.2, -0.15) is 0 Å². The van der Waals surface area contributed by atoms with E-state index in [1.807, 2.05) is 0 Å². The molecule has 0 aliphatic carbocycles. The molecule has 2 N–H and O–H groups in total. The standard InChI is InChI=1S/C13H12FN3O2/c1-7-5-9(3-4-10(7)14)16-13-15-8(2)6-11(17-13)12(18)19/h3-6H,1-2H3,(H,18,19)(H,15,16,17). The fourth-order valence-corrected chi connectivity index (χ4v) is 1.59. The van der Waals surface area contributed by atoms with Crippen LogP contribution in [0.1, 0.15) is 21.7 Å². The minimum atomic E-state index is -1.12. The molecule has 0 saturated carbocycles. The molecule has 19 heavy (non-hydrogen) atoms. The number of carboxylic acid groups (broad SMARTS) is 1. The van der Waals surface area contributed by atoms with E-state index >= 15 is 0 Å². The smallest absolute Gasteiger partial charge is 0.354 e. The van der Waals surface area contributed by atoms with Gasteiger partial charge >= 0.3 is 5.97 Å². The van der Waals surface area contributed by atoms with Crippen LogP contribution in [-0.2, 0) is 0 Å². The largest absolute Gasteiger partial charge is 0.477 e. The van der Waals surface area contributed by atoms with Gasteiger partial charge in [-0.05, 0) is 43.7 Å². The van der Waals surface area contributed by atoms with Gasteiger partial charge in [-0.15, -0.1) is 0 Å². The van der Waals surface area contributed by atoms with Crippen molar-refractivity contribution in [2.45, 2.75) is 13.8 Å². The third-order valence-corrected chi connectivity index (χ3v) is 2.49. The predicted octanol–water partition coefficient (Wildman–Crippen LogP) is 2.67. The summed E-state index contributed by atoms with van der Waals surface area (Å²) in [6, 6.07) is 5.84. The van der Waals surface area contributed by atoms with Gasteiger partial charge in [-0.3, -0.25) is 0 Å². The van der Waals surface area contributed by atoms with E-state index < -0.39 is 5.97 Å². The van der Waals surface area contributed by atoms with E-state index in [0.717, 1.165) is 0 Å². The third-order valence-electron chi connectivity index (χ3n) is 2.49. The van der Waals surface area contributed by atoms with Gasteiger partial charge in [0, 0.05) is 11.4 Å². The lowest BCUT2D eigenvalue weighted by Gasteiger charge is -2.07. The number of benzene rings is 1. The van der Waals surface area contributed by atoms with Crippen molar-refractivity contribution in [3.8, 4) is 0 Å². The number of carbonyl (C=O) groups is 1. The fourth-order valence-electron chi connectivity index (χ4n) is 1.59. The predicted molar refractivity (Wildman–Crippen MR) is 68.1 cm³/mol. The van der Waals surface area contributed by atoms with Gasteiger partial charge in [0.25, 0.3) is 0 Å². The highest BCUT2D eigenvalue weighted by atomic mass is 19.1. The second kappa shape index (κ2) is 5.01. The normalized spacial score (nSPS) is 10.3. The van der Waals surface area contributed by atoms with Crippen molar-refractivity contribution in [3.05, 3.63) is 47.0 Å². The number of carboxylic acids is 1. The molecule has 0 amide bonds. The maximum absolute atomic E-state index is 13.1. The summed E-state index contributed by atoms with van der Waals surface area (Å²) < 4.78 is 13.1. The van der Waals surface area contributed by atoms with Crippen molar-refractivity contribution in [3.63, 3.8) is 0 Å². The monoisotopic (exact) mass is 261 g/mol. The second-order valence-corrected chi connectivity index (χ2v) is 4.11. The Labute approximate surface area is 109 Å². The van der Waals surface area contributed by atoms with Gasteiger partial charge in [0.05, 0.1) is 0 Å². The van der Waals surface area contributed by atoms with Crippen LogP contribution in [0.3, 0.4) is 0 Å². The molecule has 1 aromatic carbocycles. The molecule has 2 rings (SSSR count). The van der Waals surface area contributed by atoms with Crippen LogP contribution in [0.25, 0.3) is 0 Å². The molecule has 0 aliphatic rings. The highest BCUT2D eigenvalue weighted by Gasteiger charge is 2.09. The first kappa shape index (κ1) is 12.9. The van der Waals surface area contributed by atoms with Gasteiger partial charge < -0.3 is 10.4 Å². The van der Waals surface area contributed by atoms with Crippen LogP contribution in [0.15, 0.2) is 24.3 Å². The lowest BCUT2D eigenvalue weighted by atomic mass is 10.2. The van der Waals surface area contributed by atoms with Crippen molar-refractivity contribution in [1.82, 2.24) is 9.97 Å². The Kier molecular flexibility index (Phi) is 3.41. The number of anilines is 2. The molecular weight excluding hydrogens is 249 g/mol. The van der Waals surface area contributed by atoms with Crippen LogP contribution in [-0.4, -0.2) is 21.0 Å². The summed E-state index contributed by atoms with van der Waals surface area (Å²) in [5.41, 5.74) is 1.53. The highest BCUT2D eigenvalue weighted by molar-refractivity contribution is 5.85. The molecule has 0 radical (unpaired) electrons. The van der Waals surface area contributed by atoms with Crippen LogP contribution in [0, 0.1) is 19.7 Å². The molecule has 6 heteroatoms. The molecular formula is C13H12FN3O2. The SMILES string of the molecule is Cc1cc(C(=O)O)nc(Nc2ccc(F)c(C)c2)n1. The molecule has 0 spiro atoms. The zero-order valence-electron chi connectivity index (χ0n) is 10.4. The van der Waals surface area contributed by atoms with Gasteiger partial charge in [0.2, 0.25) is 5.95 Å². The highest BCUT2D eigenvalue weighted by Crippen LogP contribution is 2.17. The topological polar surface area (TPSA) is 75.1 Å². The second-order valence-electron chi connectivity index (χ2n) is 4.11. The average molecular weight is 261 g/mol. The van der Waals surface area contributed by atoms with Crippen LogP contribution in [0.4, 0.5) is 16.0 Å². The number of hydrogen-bond acceptors (Lipinski definition) is 4. The summed E-state index contributed by atoms with van der Waals surface area (Å²) in [7, 11) is 0. The van der Waals surface area contributed by atoms with Gasteiger partial charge in [-0.25, -0.2) is 19.2 Å². The summed E-state index contributed by atoms with van der Waals surface area (Å²) in [5, 5.41) is 11.8. The van der Waals surface area contributed by atoms with E-state index in [0.29, 0.717) is 16.9 Å². The van der Waals surface area contributed by atoms with Crippen molar-refractivity contribution in [1.29, 1.82) is 0 Å². The quantitative estimate of drug-likeness (QED) is 0.888. The lowest BCUT2D eigenvalue weighted by molar-refractivity contribution is 0.0690. The molecule has 1 aromatic heterocycles. The number of aryl methyl sites for hydroxylation is 2. The number of halogens is 1. The first-order valence-corrected chi connectivity index (χ1v) is 5.58. The third kappa shape index (κ3) is 3.04. The van der Waals surface area contributed by atoms with E-state index in [1.54, 1.807) is 19.9 Å². The molecule has 0 bridgehead atoms. The first-order valence-electron chi connectivity index (χ1n) is 5.58. The fraction of sp³-hybridized carbons (Fsp3) is 0.154. The Bertz CT molecular complexity index is 644. The minimum Gasteiger partial charge on any atom is -0.477 e. The number of rotatable bonds is 3. The molecule has 98 valence electrons. The van der Waals surface area contributed by atoms with Crippen LogP contribution in [0.5, 0.6) is 0 Å². The maximum atomic E-state index is 13.1. The summed E-state index contributed by atoms with van der Waals surface area (Å²) in [6.07, 6.45) is 0. The maximum Gasteiger partial charge on any atom is 0.354 e. The number of aromatic nitrogens is 2. The van der Waals surface area contributed by atoms with Crippen molar-refractivity contribution in [2.75, 3.05) is 5.32 Å². The Morgan fingerprint density at radius 3 is 2.63 bits per heavy atom. The zero-order chi connectivity index (χ0) is 14.0. The van der Waals surface area contributed by atoms with E-state index in [4.69, 9.17) is 5.11 Å². The van der Waals surface area contributed by atoms with Crippen molar-refractivity contribution >= 4 is 17.6 Å². The summed E-state index contributed by atoms with van der Waals surface area (Å²) in [6.45, 7) is 3.31. The molecule has 2 aromatic rings. The van der Waals surface area contributed by atoms with Gasteiger partial charge in [0.15, 0.2) is 5.69 Å². The Hall–Kier alpha value is -2.50. The average Bonchev–Trinajstić information content (AvgIpc) is 2.33. The van der Waals surface area contributed by atoms with Crippen molar-refractivity contribution in [2.24, 2.45) is 0 Å². The molecule has 5 nitrogen and oxygen atoms in total.